The molecule has 2 aromatic rings. The standard InChI is InChI=1S/C18H19N3O2/c1-13(14-6-3-2-4-7-14)19-18(23)20-15-8-5-9-16(12-15)21-11-10-17(21)22/h2-9,12-13H,10-11H2,1H3,(H2,19,20,23)/t13-/m1/s1. The van der Waals surface area contributed by atoms with Crippen LogP contribution in [0, 0.1) is 0 Å². The molecular formula is C18H19N3O2. The Morgan fingerprint density at radius 1 is 1.13 bits per heavy atom. The number of benzene rings is 2. The van der Waals surface area contributed by atoms with Crippen molar-refractivity contribution in [2.24, 2.45) is 0 Å². The minimum Gasteiger partial charge on any atom is -0.331 e. The number of hydrogen-bond donors (Lipinski definition) is 2. The Balaban J connectivity index is 1.61. The third-order valence-electron chi connectivity index (χ3n) is 3.91. The van der Waals surface area contributed by atoms with Gasteiger partial charge in [-0.05, 0) is 30.7 Å². The van der Waals surface area contributed by atoms with Gasteiger partial charge in [0.1, 0.15) is 0 Å². The van der Waals surface area contributed by atoms with Crippen LogP contribution >= 0.6 is 0 Å². The summed E-state index contributed by atoms with van der Waals surface area (Å²) >= 11 is 0. The predicted molar refractivity (Wildman–Crippen MR) is 90.4 cm³/mol. The van der Waals surface area contributed by atoms with Crippen LogP contribution in [0.1, 0.15) is 24.9 Å². The van der Waals surface area contributed by atoms with Gasteiger partial charge in [-0.1, -0.05) is 36.4 Å². The molecule has 0 saturated carbocycles. The van der Waals surface area contributed by atoms with E-state index in [2.05, 4.69) is 10.6 Å². The molecule has 2 aromatic carbocycles. The fourth-order valence-electron chi connectivity index (χ4n) is 2.53. The summed E-state index contributed by atoms with van der Waals surface area (Å²) in [6.07, 6.45) is 0.590. The van der Waals surface area contributed by atoms with E-state index in [0.717, 1.165) is 17.8 Å². The highest BCUT2D eigenvalue weighted by Crippen LogP contribution is 2.24. The molecule has 3 amide bonds. The highest BCUT2D eigenvalue weighted by molar-refractivity contribution is 6.00. The normalized spacial score (nSPS) is 14.8. The zero-order valence-corrected chi connectivity index (χ0v) is 13.0. The zero-order valence-electron chi connectivity index (χ0n) is 13.0. The summed E-state index contributed by atoms with van der Waals surface area (Å²) < 4.78 is 0. The van der Waals surface area contributed by atoms with E-state index in [1.165, 1.54) is 0 Å². The van der Waals surface area contributed by atoms with Crippen LogP contribution in [-0.4, -0.2) is 18.5 Å². The number of nitrogens with one attached hydrogen (secondary N) is 2. The van der Waals surface area contributed by atoms with Crippen LogP contribution in [0.3, 0.4) is 0 Å². The first-order valence-electron chi connectivity index (χ1n) is 7.66. The molecule has 1 fully saturated rings. The van der Waals surface area contributed by atoms with Crippen molar-refractivity contribution < 1.29 is 9.59 Å². The average Bonchev–Trinajstić information content (AvgIpc) is 2.54. The SMILES string of the molecule is C[C@@H](NC(=O)Nc1cccc(N2CCC2=O)c1)c1ccccc1. The number of hydrogen-bond acceptors (Lipinski definition) is 2. The van der Waals surface area contributed by atoms with Crippen molar-refractivity contribution in [1.82, 2.24) is 5.32 Å². The number of nitrogens with zero attached hydrogens (tertiary/aromatic N) is 1. The summed E-state index contributed by atoms with van der Waals surface area (Å²) in [6, 6.07) is 16.7. The van der Waals surface area contributed by atoms with Gasteiger partial charge in [0.25, 0.3) is 0 Å². The zero-order chi connectivity index (χ0) is 16.2. The predicted octanol–water partition coefficient (Wildman–Crippen LogP) is 3.31. The lowest BCUT2D eigenvalue weighted by Crippen LogP contribution is -2.43. The van der Waals surface area contributed by atoms with E-state index < -0.39 is 0 Å². The summed E-state index contributed by atoms with van der Waals surface area (Å²) in [4.78, 5) is 25.3. The van der Waals surface area contributed by atoms with Gasteiger partial charge in [-0.2, -0.15) is 0 Å². The maximum atomic E-state index is 12.1. The number of carbonyl (C=O) groups excluding carboxylic acids is 2. The number of urea groups is 1. The minimum atomic E-state index is -0.270. The Bertz CT molecular complexity index is 715. The Morgan fingerprint density at radius 2 is 1.91 bits per heavy atom. The monoisotopic (exact) mass is 309 g/mol. The van der Waals surface area contributed by atoms with Crippen molar-refractivity contribution in [3.05, 3.63) is 60.2 Å². The van der Waals surface area contributed by atoms with Gasteiger partial charge in [0.15, 0.2) is 0 Å². The van der Waals surface area contributed by atoms with Crippen LogP contribution in [-0.2, 0) is 4.79 Å². The molecular weight excluding hydrogens is 290 g/mol. The lowest BCUT2D eigenvalue weighted by atomic mass is 10.1. The van der Waals surface area contributed by atoms with Gasteiger partial charge in [-0.25, -0.2) is 4.79 Å². The van der Waals surface area contributed by atoms with E-state index in [1.807, 2.05) is 55.5 Å². The maximum Gasteiger partial charge on any atom is 0.319 e. The number of carbonyl (C=O) groups is 2. The largest absolute Gasteiger partial charge is 0.331 e. The lowest BCUT2D eigenvalue weighted by molar-refractivity contribution is -0.122. The van der Waals surface area contributed by atoms with Crippen LogP contribution in [0.25, 0.3) is 0 Å². The van der Waals surface area contributed by atoms with E-state index >= 15 is 0 Å². The van der Waals surface area contributed by atoms with Gasteiger partial charge in [-0.15, -0.1) is 0 Å². The molecule has 0 spiro atoms. The fraction of sp³-hybridized carbons (Fsp3) is 0.222. The first-order chi connectivity index (χ1) is 11.1. The van der Waals surface area contributed by atoms with Gasteiger partial charge in [0, 0.05) is 24.3 Å². The van der Waals surface area contributed by atoms with Gasteiger partial charge in [0.2, 0.25) is 5.91 Å². The Morgan fingerprint density at radius 3 is 2.57 bits per heavy atom. The Hall–Kier alpha value is -2.82. The second-order valence-corrected chi connectivity index (χ2v) is 5.58. The molecule has 23 heavy (non-hydrogen) atoms. The molecule has 1 saturated heterocycles. The third-order valence-corrected chi connectivity index (χ3v) is 3.91. The van der Waals surface area contributed by atoms with E-state index in [4.69, 9.17) is 0 Å². The fourth-order valence-corrected chi connectivity index (χ4v) is 2.53. The first kappa shape index (κ1) is 15.1. The van der Waals surface area contributed by atoms with Crippen molar-refractivity contribution >= 4 is 23.3 Å². The van der Waals surface area contributed by atoms with Gasteiger partial charge in [-0.3, -0.25) is 4.79 Å². The first-order valence-corrected chi connectivity index (χ1v) is 7.66. The minimum absolute atomic E-state index is 0.0867. The van der Waals surface area contributed by atoms with Crippen LogP contribution in [0.4, 0.5) is 16.2 Å². The quantitative estimate of drug-likeness (QED) is 0.851. The van der Waals surface area contributed by atoms with Gasteiger partial charge >= 0.3 is 6.03 Å². The van der Waals surface area contributed by atoms with E-state index in [-0.39, 0.29) is 18.0 Å². The molecule has 1 atom stereocenters. The second kappa shape index (κ2) is 6.52. The summed E-state index contributed by atoms with van der Waals surface area (Å²) in [7, 11) is 0. The Kier molecular flexibility index (Phi) is 4.28. The molecule has 1 aliphatic heterocycles. The molecule has 5 heteroatoms. The summed E-state index contributed by atoms with van der Waals surface area (Å²) in [5, 5.41) is 5.71. The highest BCUT2D eigenvalue weighted by atomic mass is 16.2. The van der Waals surface area contributed by atoms with Crippen molar-refractivity contribution in [2.75, 3.05) is 16.8 Å². The van der Waals surface area contributed by atoms with E-state index in [0.29, 0.717) is 12.1 Å². The molecule has 5 nitrogen and oxygen atoms in total. The third kappa shape index (κ3) is 3.51. The van der Waals surface area contributed by atoms with Crippen molar-refractivity contribution in [3.63, 3.8) is 0 Å². The van der Waals surface area contributed by atoms with Crippen LogP contribution in [0.15, 0.2) is 54.6 Å². The summed E-state index contributed by atoms with van der Waals surface area (Å²) in [6.45, 7) is 2.67. The van der Waals surface area contributed by atoms with Crippen LogP contribution < -0.4 is 15.5 Å². The van der Waals surface area contributed by atoms with Crippen LogP contribution in [0.2, 0.25) is 0 Å². The molecule has 0 unspecified atom stereocenters. The number of amides is 3. The highest BCUT2D eigenvalue weighted by Gasteiger charge is 2.25. The topological polar surface area (TPSA) is 61.4 Å². The number of β-lactam (4-membered cyclic amide) rings is 1. The second-order valence-electron chi connectivity index (χ2n) is 5.58. The summed E-state index contributed by atoms with van der Waals surface area (Å²) in [5.74, 6) is 0.115. The molecule has 1 aliphatic rings. The molecule has 0 aromatic heterocycles. The molecule has 1 heterocycles. The average molecular weight is 309 g/mol. The molecule has 118 valence electrons. The van der Waals surface area contributed by atoms with Crippen molar-refractivity contribution in [1.29, 1.82) is 0 Å². The van der Waals surface area contributed by atoms with Gasteiger partial charge in [0.05, 0.1) is 6.04 Å². The molecule has 0 aliphatic carbocycles. The number of rotatable bonds is 4. The van der Waals surface area contributed by atoms with E-state index in [9.17, 15) is 9.59 Å². The Labute approximate surface area is 135 Å². The van der Waals surface area contributed by atoms with Crippen molar-refractivity contribution in [3.8, 4) is 0 Å². The maximum absolute atomic E-state index is 12.1. The molecule has 0 bridgehead atoms. The number of anilines is 2. The lowest BCUT2D eigenvalue weighted by Gasteiger charge is -2.30. The molecule has 3 rings (SSSR count). The van der Waals surface area contributed by atoms with Crippen LogP contribution in [0.5, 0.6) is 0 Å². The van der Waals surface area contributed by atoms with Crippen molar-refractivity contribution in [2.45, 2.75) is 19.4 Å². The van der Waals surface area contributed by atoms with Gasteiger partial charge < -0.3 is 15.5 Å². The molecule has 0 radical (unpaired) electrons. The van der Waals surface area contributed by atoms with E-state index in [1.54, 1.807) is 11.0 Å². The molecule has 2 N–H and O–H groups in total. The summed E-state index contributed by atoms with van der Waals surface area (Å²) in [5.41, 5.74) is 2.53. The smallest absolute Gasteiger partial charge is 0.319 e.